The van der Waals surface area contributed by atoms with Crippen LogP contribution in [0.15, 0.2) is 36.4 Å². The Hall–Kier alpha value is -1.13. The number of hydrogen-bond acceptors (Lipinski definition) is 2. The van der Waals surface area contributed by atoms with Gasteiger partial charge in [-0.1, -0.05) is 41.4 Å². The van der Waals surface area contributed by atoms with Crippen molar-refractivity contribution < 1.29 is 4.39 Å². The Bertz CT molecular complexity index is 600. The van der Waals surface area contributed by atoms with Crippen LogP contribution in [0.5, 0.6) is 0 Å². The normalized spacial score (nSPS) is 12.5. The average molecular weight is 299 g/mol. The fraction of sp³-hybridized carbons (Fsp3) is 0.143. The predicted molar refractivity (Wildman–Crippen MR) is 76.8 cm³/mol. The highest BCUT2D eigenvalue weighted by atomic mass is 35.5. The van der Waals surface area contributed by atoms with Crippen LogP contribution < -0.4 is 11.3 Å². The van der Waals surface area contributed by atoms with E-state index in [2.05, 4.69) is 5.43 Å². The summed E-state index contributed by atoms with van der Waals surface area (Å²) in [4.78, 5) is 0. The molecule has 3 N–H and O–H groups in total. The highest BCUT2D eigenvalue weighted by Crippen LogP contribution is 2.34. The third-order valence-electron chi connectivity index (χ3n) is 3.01. The van der Waals surface area contributed by atoms with Crippen molar-refractivity contribution in [2.24, 2.45) is 5.84 Å². The van der Waals surface area contributed by atoms with Gasteiger partial charge in [-0.3, -0.25) is 5.84 Å². The van der Waals surface area contributed by atoms with Crippen molar-refractivity contribution >= 4 is 23.2 Å². The molecule has 0 saturated carbocycles. The molecule has 2 aromatic rings. The lowest BCUT2D eigenvalue weighted by Crippen LogP contribution is -2.29. The van der Waals surface area contributed by atoms with Crippen LogP contribution in [-0.4, -0.2) is 0 Å². The molecule has 1 atom stereocenters. The fourth-order valence-electron chi connectivity index (χ4n) is 2.01. The fourth-order valence-corrected chi connectivity index (χ4v) is 2.43. The van der Waals surface area contributed by atoms with Gasteiger partial charge in [0.2, 0.25) is 0 Å². The van der Waals surface area contributed by atoms with E-state index in [1.54, 1.807) is 18.2 Å². The van der Waals surface area contributed by atoms with Crippen LogP contribution >= 0.6 is 23.2 Å². The summed E-state index contributed by atoms with van der Waals surface area (Å²) < 4.78 is 13.4. The summed E-state index contributed by atoms with van der Waals surface area (Å²) in [5.41, 5.74) is 5.02. The summed E-state index contributed by atoms with van der Waals surface area (Å²) in [5, 5.41) is 0.851. The van der Waals surface area contributed by atoms with Gasteiger partial charge in [0.15, 0.2) is 0 Å². The summed E-state index contributed by atoms with van der Waals surface area (Å²) in [6.45, 7) is 1.89. The maximum atomic E-state index is 13.4. The second-order valence-electron chi connectivity index (χ2n) is 4.24. The van der Waals surface area contributed by atoms with Crippen molar-refractivity contribution in [1.82, 2.24) is 5.43 Å². The molecular weight excluding hydrogens is 286 g/mol. The number of rotatable bonds is 3. The molecule has 5 heteroatoms. The molecule has 2 nitrogen and oxygen atoms in total. The molecule has 19 heavy (non-hydrogen) atoms. The Morgan fingerprint density at radius 3 is 2.58 bits per heavy atom. The highest BCUT2D eigenvalue weighted by molar-refractivity contribution is 6.42. The monoisotopic (exact) mass is 298 g/mol. The third-order valence-corrected chi connectivity index (χ3v) is 3.84. The molecule has 2 rings (SSSR count). The molecule has 0 aliphatic rings. The Kier molecular flexibility index (Phi) is 4.42. The molecule has 0 aliphatic heterocycles. The van der Waals surface area contributed by atoms with Crippen molar-refractivity contribution in [3.8, 4) is 0 Å². The number of hydrogen-bond donors (Lipinski definition) is 2. The number of halogens is 3. The molecule has 2 aromatic carbocycles. The van der Waals surface area contributed by atoms with E-state index in [1.165, 1.54) is 12.1 Å². The third kappa shape index (κ3) is 2.90. The van der Waals surface area contributed by atoms with E-state index in [0.29, 0.717) is 15.6 Å². The van der Waals surface area contributed by atoms with Gasteiger partial charge in [-0.2, -0.15) is 0 Å². The Morgan fingerprint density at radius 1 is 1.16 bits per heavy atom. The molecular formula is C14H13Cl2FN2. The van der Waals surface area contributed by atoms with Gasteiger partial charge in [0.1, 0.15) is 5.82 Å². The first-order valence-electron chi connectivity index (χ1n) is 5.70. The van der Waals surface area contributed by atoms with Gasteiger partial charge in [-0.05, 0) is 41.8 Å². The Labute approximate surface area is 121 Å². The Balaban J connectivity index is 2.56. The minimum absolute atomic E-state index is 0.320. The van der Waals surface area contributed by atoms with Gasteiger partial charge < -0.3 is 0 Å². The molecule has 0 aromatic heterocycles. The first kappa shape index (κ1) is 14.3. The second kappa shape index (κ2) is 5.88. The first-order valence-corrected chi connectivity index (χ1v) is 6.46. The quantitative estimate of drug-likeness (QED) is 0.664. The number of nitrogens with two attached hydrogens (primary N) is 1. The molecule has 0 spiro atoms. The first-order chi connectivity index (χ1) is 9.04. The van der Waals surface area contributed by atoms with Gasteiger partial charge >= 0.3 is 0 Å². The van der Waals surface area contributed by atoms with Crippen molar-refractivity contribution in [1.29, 1.82) is 0 Å². The van der Waals surface area contributed by atoms with Crippen molar-refractivity contribution in [2.75, 3.05) is 0 Å². The van der Waals surface area contributed by atoms with Crippen LogP contribution in [0.2, 0.25) is 10.0 Å². The van der Waals surface area contributed by atoms with E-state index in [0.717, 1.165) is 11.1 Å². The van der Waals surface area contributed by atoms with Gasteiger partial charge in [0, 0.05) is 0 Å². The van der Waals surface area contributed by atoms with Crippen LogP contribution in [0.1, 0.15) is 22.7 Å². The van der Waals surface area contributed by atoms with Gasteiger partial charge in [-0.15, -0.1) is 0 Å². The summed E-state index contributed by atoms with van der Waals surface area (Å²) >= 11 is 12.2. The van der Waals surface area contributed by atoms with E-state index >= 15 is 0 Å². The maximum absolute atomic E-state index is 13.4. The zero-order valence-electron chi connectivity index (χ0n) is 10.3. The average Bonchev–Trinajstić information content (AvgIpc) is 2.39. The van der Waals surface area contributed by atoms with E-state index in [-0.39, 0.29) is 5.82 Å². The van der Waals surface area contributed by atoms with Gasteiger partial charge in [-0.25, -0.2) is 9.82 Å². The summed E-state index contributed by atoms with van der Waals surface area (Å²) in [5.74, 6) is 5.28. The molecule has 0 saturated heterocycles. The lowest BCUT2D eigenvalue weighted by Gasteiger charge is -2.20. The molecule has 0 bridgehead atoms. The number of benzene rings is 2. The lowest BCUT2D eigenvalue weighted by molar-refractivity contribution is 0.603. The van der Waals surface area contributed by atoms with Crippen molar-refractivity contribution in [2.45, 2.75) is 13.0 Å². The van der Waals surface area contributed by atoms with Gasteiger partial charge in [0.05, 0.1) is 16.1 Å². The number of hydrazine groups is 1. The molecule has 0 fully saturated rings. The summed E-state index contributed by atoms with van der Waals surface area (Å²) in [6.07, 6.45) is 0. The standard InChI is InChI=1S/C14H13Cl2FN2/c1-8-5-6-9(17)7-11(8)14(19-18)10-3-2-4-12(15)13(10)16/h2-7,14,19H,18H2,1H3. The lowest BCUT2D eigenvalue weighted by atomic mass is 9.95. The smallest absolute Gasteiger partial charge is 0.123 e. The summed E-state index contributed by atoms with van der Waals surface area (Å²) in [7, 11) is 0. The van der Waals surface area contributed by atoms with Gasteiger partial charge in [0.25, 0.3) is 0 Å². The van der Waals surface area contributed by atoms with Crippen LogP contribution in [-0.2, 0) is 0 Å². The molecule has 1 unspecified atom stereocenters. The van der Waals surface area contributed by atoms with Crippen molar-refractivity contribution in [3.63, 3.8) is 0 Å². The largest absolute Gasteiger partial charge is 0.271 e. The minimum atomic E-state index is -0.415. The zero-order valence-corrected chi connectivity index (χ0v) is 11.8. The van der Waals surface area contributed by atoms with E-state index in [9.17, 15) is 4.39 Å². The van der Waals surface area contributed by atoms with E-state index in [1.807, 2.05) is 13.0 Å². The van der Waals surface area contributed by atoms with Crippen LogP contribution in [0.4, 0.5) is 4.39 Å². The second-order valence-corrected chi connectivity index (χ2v) is 5.03. The van der Waals surface area contributed by atoms with E-state index in [4.69, 9.17) is 29.0 Å². The molecule has 0 radical (unpaired) electrons. The predicted octanol–water partition coefficient (Wildman–Crippen LogP) is 3.99. The highest BCUT2D eigenvalue weighted by Gasteiger charge is 2.19. The number of nitrogens with one attached hydrogen (secondary N) is 1. The van der Waals surface area contributed by atoms with E-state index < -0.39 is 6.04 Å². The van der Waals surface area contributed by atoms with Crippen molar-refractivity contribution in [3.05, 3.63) is 69.0 Å². The SMILES string of the molecule is Cc1ccc(F)cc1C(NN)c1cccc(Cl)c1Cl. The molecule has 0 heterocycles. The number of aryl methyl sites for hydroxylation is 1. The topological polar surface area (TPSA) is 38.0 Å². The van der Waals surface area contributed by atoms with Crippen LogP contribution in [0, 0.1) is 12.7 Å². The zero-order chi connectivity index (χ0) is 14.0. The maximum Gasteiger partial charge on any atom is 0.123 e. The van der Waals surface area contributed by atoms with Crippen LogP contribution in [0.25, 0.3) is 0 Å². The minimum Gasteiger partial charge on any atom is -0.271 e. The summed E-state index contributed by atoms with van der Waals surface area (Å²) in [6, 6.07) is 9.42. The molecule has 0 amide bonds. The Morgan fingerprint density at radius 2 is 1.89 bits per heavy atom. The molecule has 100 valence electrons. The molecule has 0 aliphatic carbocycles. The van der Waals surface area contributed by atoms with Crippen LogP contribution in [0.3, 0.4) is 0 Å².